The molecule has 90 valence electrons. The lowest BCUT2D eigenvalue weighted by molar-refractivity contribution is -0.130. The van der Waals surface area contributed by atoms with E-state index in [9.17, 15) is 4.79 Å². The molecule has 0 heterocycles. The normalized spacial score (nSPS) is 10.3. The molecular weight excluding hydrogens is 233 g/mol. The Morgan fingerprint density at radius 2 is 1.67 bits per heavy atom. The van der Waals surface area contributed by atoms with Gasteiger partial charge in [0, 0.05) is 31.3 Å². The predicted octanol–water partition coefficient (Wildman–Crippen LogP) is 3.26. The van der Waals surface area contributed by atoms with Crippen LogP contribution in [0.5, 0.6) is 0 Å². The maximum absolute atomic E-state index is 11.7. The first-order chi connectivity index (χ1) is 7.26. The van der Waals surface area contributed by atoms with E-state index in [1.165, 1.54) is 12.8 Å². The SMILES string of the molecule is CCCCCCC(=O)N(CCCl)CCCl. The summed E-state index contributed by atoms with van der Waals surface area (Å²) in [4.78, 5) is 13.5. The van der Waals surface area contributed by atoms with Crippen LogP contribution >= 0.6 is 23.2 Å². The molecule has 0 aliphatic carbocycles. The van der Waals surface area contributed by atoms with E-state index in [1.54, 1.807) is 4.90 Å². The van der Waals surface area contributed by atoms with Crippen LogP contribution in [0, 0.1) is 0 Å². The molecule has 0 spiro atoms. The largest absolute Gasteiger partial charge is 0.340 e. The minimum Gasteiger partial charge on any atom is -0.340 e. The van der Waals surface area contributed by atoms with Crippen molar-refractivity contribution < 1.29 is 4.79 Å². The van der Waals surface area contributed by atoms with Gasteiger partial charge < -0.3 is 4.90 Å². The fourth-order valence-electron chi connectivity index (χ4n) is 1.43. The zero-order chi connectivity index (χ0) is 11.5. The van der Waals surface area contributed by atoms with Crippen LogP contribution in [0.4, 0.5) is 0 Å². The van der Waals surface area contributed by atoms with Crippen LogP contribution in [0.2, 0.25) is 0 Å². The second kappa shape index (κ2) is 10.6. The molecule has 15 heavy (non-hydrogen) atoms. The van der Waals surface area contributed by atoms with E-state index in [0.29, 0.717) is 31.3 Å². The van der Waals surface area contributed by atoms with Gasteiger partial charge in [0.25, 0.3) is 0 Å². The maximum atomic E-state index is 11.7. The topological polar surface area (TPSA) is 20.3 Å². The highest BCUT2D eigenvalue weighted by atomic mass is 35.5. The summed E-state index contributed by atoms with van der Waals surface area (Å²) >= 11 is 11.2. The summed E-state index contributed by atoms with van der Waals surface area (Å²) in [5.74, 6) is 1.15. The number of rotatable bonds is 9. The number of halogens is 2. The van der Waals surface area contributed by atoms with Crippen molar-refractivity contribution in [3.63, 3.8) is 0 Å². The lowest BCUT2D eigenvalue weighted by Gasteiger charge is -2.20. The zero-order valence-corrected chi connectivity index (χ0v) is 11.0. The van der Waals surface area contributed by atoms with Crippen molar-refractivity contribution in [1.82, 2.24) is 4.90 Å². The summed E-state index contributed by atoms with van der Waals surface area (Å²) < 4.78 is 0. The number of hydrogen-bond donors (Lipinski definition) is 0. The van der Waals surface area contributed by atoms with E-state index < -0.39 is 0 Å². The number of unbranched alkanes of at least 4 members (excludes halogenated alkanes) is 3. The number of amides is 1. The van der Waals surface area contributed by atoms with Crippen LogP contribution in [0.25, 0.3) is 0 Å². The smallest absolute Gasteiger partial charge is 0.222 e. The third-order valence-corrected chi connectivity index (χ3v) is 2.64. The monoisotopic (exact) mass is 253 g/mol. The van der Waals surface area contributed by atoms with Gasteiger partial charge in [-0.1, -0.05) is 26.2 Å². The van der Waals surface area contributed by atoms with Gasteiger partial charge in [0.05, 0.1) is 0 Å². The Morgan fingerprint density at radius 3 is 2.13 bits per heavy atom. The number of carbonyl (C=O) groups is 1. The van der Waals surface area contributed by atoms with Gasteiger partial charge in [-0.05, 0) is 6.42 Å². The van der Waals surface area contributed by atoms with E-state index in [1.807, 2.05) is 0 Å². The van der Waals surface area contributed by atoms with Gasteiger partial charge >= 0.3 is 0 Å². The Labute approximate surface area is 103 Å². The highest BCUT2D eigenvalue weighted by Crippen LogP contribution is 2.05. The summed E-state index contributed by atoms with van der Waals surface area (Å²) in [5.41, 5.74) is 0. The van der Waals surface area contributed by atoms with Crippen molar-refractivity contribution in [2.45, 2.75) is 39.0 Å². The molecule has 0 fully saturated rings. The van der Waals surface area contributed by atoms with Crippen LogP contribution in [-0.4, -0.2) is 35.7 Å². The molecule has 4 heteroatoms. The first-order valence-electron chi connectivity index (χ1n) is 5.66. The molecule has 0 saturated heterocycles. The van der Waals surface area contributed by atoms with Gasteiger partial charge in [-0.3, -0.25) is 4.79 Å². The molecule has 0 rings (SSSR count). The number of alkyl halides is 2. The predicted molar refractivity (Wildman–Crippen MR) is 66.8 cm³/mol. The van der Waals surface area contributed by atoms with E-state index in [4.69, 9.17) is 23.2 Å². The van der Waals surface area contributed by atoms with Gasteiger partial charge in [0.1, 0.15) is 0 Å². The minimum atomic E-state index is 0.187. The average molecular weight is 254 g/mol. The maximum Gasteiger partial charge on any atom is 0.222 e. The molecule has 0 aromatic rings. The highest BCUT2D eigenvalue weighted by Gasteiger charge is 2.11. The van der Waals surface area contributed by atoms with Gasteiger partial charge in [-0.25, -0.2) is 0 Å². The summed E-state index contributed by atoms with van der Waals surface area (Å²) in [6.07, 6.45) is 5.15. The molecular formula is C11H21Cl2NO. The van der Waals surface area contributed by atoms with E-state index in [-0.39, 0.29) is 5.91 Å². The van der Waals surface area contributed by atoms with Crippen LogP contribution in [0.1, 0.15) is 39.0 Å². The second-order valence-electron chi connectivity index (χ2n) is 3.57. The Balaban J connectivity index is 3.70. The standard InChI is InChI=1S/C11H21Cl2NO/c1-2-3-4-5-6-11(15)14(9-7-12)10-8-13/h2-10H2,1H3. The van der Waals surface area contributed by atoms with Crippen LogP contribution < -0.4 is 0 Å². The summed E-state index contributed by atoms with van der Waals surface area (Å²) in [6, 6.07) is 0. The van der Waals surface area contributed by atoms with E-state index in [0.717, 1.165) is 12.8 Å². The van der Waals surface area contributed by atoms with E-state index in [2.05, 4.69) is 6.92 Å². The second-order valence-corrected chi connectivity index (χ2v) is 4.33. The Morgan fingerprint density at radius 1 is 1.07 bits per heavy atom. The Bertz CT molecular complexity index is 159. The summed E-state index contributed by atoms with van der Waals surface area (Å²) in [5, 5.41) is 0. The van der Waals surface area contributed by atoms with Crippen molar-refractivity contribution in [3.8, 4) is 0 Å². The average Bonchev–Trinajstić information content (AvgIpc) is 2.24. The third kappa shape index (κ3) is 7.92. The first-order valence-corrected chi connectivity index (χ1v) is 6.72. The fraction of sp³-hybridized carbons (Fsp3) is 0.909. The van der Waals surface area contributed by atoms with Gasteiger partial charge in [-0.2, -0.15) is 0 Å². The van der Waals surface area contributed by atoms with Crippen LogP contribution in [0.15, 0.2) is 0 Å². The Kier molecular flexibility index (Phi) is 10.6. The molecule has 2 nitrogen and oxygen atoms in total. The number of hydrogen-bond acceptors (Lipinski definition) is 1. The zero-order valence-electron chi connectivity index (χ0n) is 9.48. The third-order valence-electron chi connectivity index (χ3n) is 2.31. The van der Waals surface area contributed by atoms with Crippen molar-refractivity contribution in [2.24, 2.45) is 0 Å². The van der Waals surface area contributed by atoms with Crippen molar-refractivity contribution in [2.75, 3.05) is 24.8 Å². The van der Waals surface area contributed by atoms with Crippen LogP contribution in [-0.2, 0) is 4.79 Å². The molecule has 0 radical (unpaired) electrons. The summed E-state index contributed by atoms with van der Waals surface area (Å²) in [7, 11) is 0. The van der Waals surface area contributed by atoms with Gasteiger partial charge in [-0.15, -0.1) is 23.2 Å². The summed E-state index contributed by atoms with van der Waals surface area (Å²) in [6.45, 7) is 3.39. The Hall–Kier alpha value is 0.0500. The molecule has 0 aromatic carbocycles. The van der Waals surface area contributed by atoms with Crippen LogP contribution in [0.3, 0.4) is 0 Å². The highest BCUT2D eigenvalue weighted by molar-refractivity contribution is 6.18. The fourth-order valence-corrected chi connectivity index (χ4v) is 1.83. The quantitative estimate of drug-likeness (QED) is 0.457. The molecule has 0 atom stereocenters. The van der Waals surface area contributed by atoms with Gasteiger partial charge in [0.2, 0.25) is 5.91 Å². The van der Waals surface area contributed by atoms with Gasteiger partial charge in [0.15, 0.2) is 0 Å². The molecule has 0 bridgehead atoms. The molecule has 0 N–H and O–H groups in total. The van der Waals surface area contributed by atoms with Crippen molar-refractivity contribution in [1.29, 1.82) is 0 Å². The molecule has 0 unspecified atom stereocenters. The molecule has 0 saturated carbocycles. The molecule has 0 aliphatic heterocycles. The molecule has 0 aromatic heterocycles. The molecule has 0 aliphatic rings. The number of nitrogens with zero attached hydrogens (tertiary/aromatic N) is 1. The lowest BCUT2D eigenvalue weighted by Crippen LogP contribution is -2.34. The van der Waals surface area contributed by atoms with E-state index >= 15 is 0 Å². The molecule has 1 amide bonds. The van der Waals surface area contributed by atoms with Crippen molar-refractivity contribution in [3.05, 3.63) is 0 Å². The minimum absolute atomic E-state index is 0.187. The van der Waals surface area contributed by atoms with Crippen molar-refractivity contribution >= 4 is 29.1 Å². The number of carbonyl (C=O) groups excluding carboxylic acids is 1. The lowest BCUT2D eigenvalue weighted by atomic mass is 10.1. The first kappa shape index (κ1) is 15.0.